The van der Waals surface area contributed by atoms with E-state index in [1.54, 1.807) is 25.6 Å². The quantitative estimate of drug-likeness (QED) is 0.946. The van der Waals surface area contributed by atoms with Gasteiger partial charge in [-0.3, -0.25) is 4.98 Å². The van der Waals surface area contributed by atoms with E-state index < -0.39 is 6.10 Å². The summed E-state index contributed by atoms with van der Waals surface area (Å²) in [5.74, 6) is 0.743. The van der Waals surface area contributed by atoms with Crippen LogP contribution in [0.2, 0.25) is 0 Å². The lowest BCUT2D eigenvalue weighted by Gasteiger charge is -2.12. The molecule has 4 heteroatoms. The van der Waals surface area contributed by atoms with E-state index in [-0.39, 0.29) is 0 Å². The zero-order valence-corrected chi connectivity index (χ0v) is 10.9. The van der Waals surface area contributed by atoms with Crippen molar-refractivity contribution >= 4 is 15.9 Å². The van der Waals surface area contributed by atoms with E-state index in [4.69, 9.17) is 4.74 Å². The lowest BCUT2D eigenvalue weighted by Crippen LogP contribution is -2.00. The van der Waals surface area contributed by atoms with E-state index >= 15 is 0 Å². The molecule has 0 aliphatic rings. The van der Waals surface area contributed by atoms with Crippen LogP contribution in [0.15, 0.2) is 47.2 Å². The molecule has 0 radical (unpaired) electrons. The molecule has 1 heterocycles. The number of ether oxygens (including phenoxy) is 1. The van der Waals surface area contributed by atoms with Gasteiger partial charge in [0.2, 0.25) is 0 Å². The molecule has 1 aromatic carbocycles. The van der Waals surface area contributed by atoms with Gasteiger partial charge in [-0.1, -0.05) is 12.1 Å². The molecule has 1 aromatic heterocycles. The average Bonchev–Trinajstić information content (AvgIpc) is 2.39. The number of nitrogens with zero attached hydrogens (tertiary/aromatic N) is 1. The molecule has 0 bridgehead atoms. The van der Waals surface area contributed by atoms with E-state index in [0.29, 0.717) is 0 Å². The summed E-state index contributed by atoms with van der Waals surface area (Å²) in [6.07, 6.45) is 2.66. The molecular formula is C13H12BrNO2. The summed E-state index contributed by atoms with van der Waals surface area (Å²) in [4.78, 5) is 3.99. The van der Waals surface area contributed by atoms with Crippen molar-refractivity contribution in [3.05, 3.63) is 58.3 Å². The van der Waals surface area contributed by atoms with Gasteiger partial charge < -0.3 is 9.84 Å². The van der Waals surface area contributed by atoms with Crippen molar-refractivity contribution in [1.29, 1.82) is 0 Å². The first kappa shape index (κ1) is 12.1. The van der Waals surface area contributed by atoms with Gasteiger partial charge in [0.05, 0.1) is 11.6 Å². The maximum atomic E-state index is 10.2. The molecule has 2 rings (SSSR count). The Morgan fingerprint density at radius 3 is 2.71 bits per heavy atom. The second-order valence-electron chi connectivity index (χ2n) is 3.58. The van der Waals surface area contributed by atoms with Crippen LogP contribution in [0.3, 0.4) is 0 Å². The summed E-state index contributed by atoms with van der Waals surface area (Å²) in [7, 11) is 1.61. The van der Waals surface area contributed by atoms with Crippen LogP contribution < -0.4 is 4.74 Å². The number of hydrogen-bond donors (Lipinski definition) is 1. The highest BCUT2D eigenvalue weighted by atomic mass is 79.9. The van der Waals surface area contributed by atoms with Crippen molar-refractivity contribution in [2.75, 3.05) is 7.11 Å². The normalized spacial score (nSPS) is 12.2. The molecule has 1 N–H and O–H groups in total. The second kappa shape index (κ2) is 5.29. The van der Waals surface area contributed by atoms with E-state index in [2.05, 4.69) is 20.9 Å². The van der Waals surface area contributed by atoms with Crippen molar-refractivity contribution in [3.8, 4) is 5.75 Å². The molecule has 0 saturated heterocycles. The van der Waals surface area contributed by atoms with Crippen molar-refractivity contribution in [1.82, 2.24) is 4.98 Å². The third-order valence-corrected chi connectivity index (χ3v) is 3.11. The molecule has 2 aromatic rings. The molecule has 0 amide bonds. The topological polar surface area (TPSA) is 42.4 Å². The van der Waals surface area contributed by atoms with Crippen LogP contribution in [0, 0.1) is 0 Å². The maximum absolute atomic E-state index is 10.2. The predicted molar refractivity (Wildman–Crippen MR) is 69.0 cm³/mol. The molecule has 0 spiro atoms. The van der Waals surface area contributed by atoms with Gasteiger partial charge in [-0.2, -0.15) is 0 Å². The monoisotopic (exact) mass is 293 g/mol. The SMILES string of the molecule is COc1ccc(C(O)c2cccnc2)cc1Br. The Morgan fingerprint density at radius 1 is 1.29 bits per heavy atom. The fourth-order valence-corrected chi connectivity index (χ4v) is 2.14. The van der Waals surface area contributed by atoms with Gasteiger partial charge in [-0.25, -0.2) is 0 Å². The summed E-state index contributed by atoms with van der Waals surface area (Å²) in [5, 5.41) is 10.2. The Hall–Kier alpha value is -1.39. The Bertz CT molecular complexity index is 502. The van der Waals surface area contributed by atoms with Crippen molar-refractivity contribution in [2.45, 2.75) is 6.10 Å². The van der Waals surface area contributed by atoms with Gasteiger partial charge >= 0.3 is 0 Å². The fraction of sp³-hybridized carbons (Fsp3) is 0.154. The Balaban J connectivity index is 2.32. The molecule has 88 valence electrons. The minimum atomic E-state index is -0.675. The van der Waals surface area contributed by atoms with Crippen molar-refractivity contribution < 1.29 is 9.84 Å². The third-order valence-electron chi connectivity index (χ3n) is 2.49. The number of halogens is 1. The smallest absolute Gasteiger partial charge is 0.133 e. The Labute approximate surface area is 108 Å². The van der Waals surface area contributed by atoms with Gasteiger partial charge in [0, 0.05) is 18.0 Å². The number of aliphatic hydroxyl groups is 1. The first-order valence-corrected chi connectivity index (χ1v) is 5.93. The van der Waals surface area contributed by atoms with Crippen LogP contribution in [-0.2, 0) is 0 Å². The molecule has 1 unspecified atom stereocenters. The van der Waals surface area contributed by atoms with Crippen LogP contribution in [0.5, 0.6) is 5.75 Å². The molecule has 17 heavy (non-hydrogen) atoms. The lowest BCUT2D eigenvalue weighted by atomic mass is 10.0. The minimum absolute atomic E-state index is 0.675. The number of aromatic nitrogens is 1. The maximum Gasteiger partial charge on any atom is 0.133 e. The standard InChI is InChI=1S/C13H12BrNO2/c1-17-12-5-4-9(7-11(12)14)13(16)10-3-2-6-15-8-10/h2-8,13,16H,1H3. The van der Waals surface area contributed by atoms with Gasteiger partial charge in [-0.15, -0.1) is 0 Å². The number of pyridine rings is 1. The van der Waals surface area contributed by atoms with E-state index in [1.165, 1.54) is 0 Å². The van der Waals surface area contributed by atoms with E-state index in [0.717, 1.165) is 21.3 Å². The molecule has 0 aliphatic heterocycles. The van der Waals surface area contributed by atoms with Gasteiger partial charge in [0.1, 0.15) is 11.9 Å². The number of methoxy groups -OCH3 is 1. The van der Waals surface area contributed by atoms with E-state index in [1.807, 2.05) is 24.3 Å². The first-order valence-electron chi connectivity index (χ1n) is 5.14. The summed E-state index contributed by atoms with van der Waals surface area (Å²) >= 11 is 3.40. The number of aliphatic hydroxyl groups excluding tert-OH is 1. The van der Waals surface area contributed by atoms with Crippen LogP contribution in [0.25, 0.3) is 0 Å². The van der Waals surface area contributed by atoms with Crippen LogP contribution in [-0.4, -0.2) is 17.2 Å². The highest BCUT2D eigenvalue weighted by Crippen LogP contribution is 2.30. The van der Waals surface area contributed by atoms with Gasteiger partial charge in [0.25, 0.3) is 0 Å². The Morgan fingerprint density at radius 2 is 2.12 bits per heavy atom. The molecule has 0 fully saturated rings. The third kappa shape index (κ3) is 2.65. The van der Waals surface area contributed by atoms with Crippen molar-refractivity contribution in [2.24, 2.45) is 0 Å². The zero-order chi connectivity index (χ0) is 12.3. The fourth-order valence-electron chi connectivity index (χ4n) is 1.58. The van der Waals surface area contributed by atoms with Gasteiger partial charge in [0.15, 0.2) is 0 Å². The number of benzene rings is 1. The molecule has 0 aliphatic carbocycles. The molecular weight excluding hydrogens is 282 g/mol. The first-order chi connectivity index (χ1) is 8.22. The molecule has 3 nitrogen and oxygen atoms in total. The lowest BCUT2D eigenvalue weighted by molar-refractivity contribution is 0.219. The van der Waals surface area contributed by atoms with E-state index in [9.17, 15) is 5.11 Å². The van der Waals surface area contributed by atoms with Crippen LogP contribution in [0.1, 0.15) is 17.2 Å². The van der Waals surface area contributed by atoms with Crippen LogP contribution >= 0.6 is 15.9 Å². The highest BCUT2D eigenvalue weighted by molar-refractivity contribution is 9.10. The average molecular weight is 294 g/mol. The number of rotatable bonds is 3. The number of hydrogen-bond acceptors (Lipinski definition) is 3. The van der Waals surface area contributed by atoms with Crippen molar-refractivity contribution in [3.63, 3.8) is 0 Å². The molecule has 0 saturated carbocycles. The Kier molecular flexibility index (Phi) is 3.76. The zero-order valence-electron chi connectivity index (χ0n) is 9.30. The molecule has 1 atom stereocenters. The summed E-state index contributed by atoms with van der Waals surface area (Å²) < 4.78 is 5.96. The van der Waals surface area contributed by atoms with Crippen LogP contribution in [0.4, 0.5) is 0 Å². The summed E-state index contributed by atoms with van der Waals surface area (Å²) in [6, 6.07) is 9.14. The predicted octanol–water partition coefficient (Wildman–Crippen LogP) is 2.93. The minimum Gasteiger partial charge on any atom is -0.496 e. The second-order valence-corrected chi connectivity index (χ2v) is 4.44. The van der Waals surface area contributed by atoms with Gasteiger partial charge in [-0.05, 0) is 39.7 Å². The summed E-state index contributed by atoms with van der Waals surface area (Å²) in [6.45, 7) is 0. The highest BCUT2D eigenvalue weighted by Gasteiger charge is 2.12. The summed E-state index contributed by atoms with van der Waals surface area (Å²) in [5.41, 5.74) is 1.57. The largest absolute Gasteiger partial charge is 0.496 e.